The second kappa shape index (κ2) is 6.20. The van der Waals surface area contributed by atoms with E-state index >= 15 is 0 Å². The first kappa shape index (κ1) is 15.2. The van der Waals surface area contributed by atoms with E-state index in [0.29, 0.717) is 29.1 Å². The van der Waals surface area contributed by atoms with Crippen molar-refractivity contribution in [1.29, 1.82) is 0 Å². The number of amides is 1. The van der Waals surface area contributed by atoms with Gasteiger partial charge in [0.1, 0.15) is 17.2 Å². The Balaban J connectivity index is 1.97. The molecule has 0 bridgehead atoms. The van der Waals surface area contributed by atoms with Crippen LogP contribution in [-0.4, -0.2) is 15.3 Å². The number of hydrogen-bond donors (Lipinski definition) is 1. The van der Waals surface area contributed by atoms with Crippen molar-refractivity contribution in [3.05, 3.63) is 65.4 Å². The van der Waals surface area contributed by atoms with E-state index in [1.807, 2.05) is 31.2 Å². The lowest BCUT2D eigenvalue weighted by Crippen LogP contribution is -2.16. The summed E-state index contributed by atoms with van der Waals surface area (Å²) in [5.41, 5.74) is 3.50. The third kappa shape index (κ3) is 2.95. The van der Waals surface area contributed by atoms with Crippen molar-refractivity contribution in [2.45, 2.75) is 26.7 Å². The number of carbonyl (C=O) groups is 1. The number of carbonyl (C=O) groups excluding carboxylic acids is 1. The fourth-order valence-corrected chi connectivity index (χ4v) is 2.57. The molecule has 2 heterocycles. The normalized spacial score (nSPS) is 10.9. The van der Waals surface area contributed by atoms with Gasteiger partial charge < -0.3 is 5.32 Å². The van der Waals surface area contributed by atoms with Crippen LogP contribution in [0.3, 0.4) is 0 Å². The number of anilines is 1. The molecule has 1 amide bonds. The SMILES string of the molecule is CCc1ccc(NC(=O)c2c(CC)nc3ccc(F)cn23)cc1. The van der Waals surface area contributed by atoms with Gasteiger partial charge in [-0.25, -0.2) is 9.37 Å². The number of aryl methyl sites for hydroxylation is 2. The van der Waals surface area contributed by atoms with Crippen molar-refractivity contribution in [2.75, 3.05) is 5.32 Å². The molecule has 0 aliphatic rings. The number of pyridine rings is 1. The first-order valence-corrected chi connectivity index (χ1v) is 7.69. The van der Waals surface area contributed by atoms with Gasteiger partial charge in [-0.1, -0.05) is 26.0 Å². The van der Waals surface area contributed by atoms with Gasteiger partial charge in [0.2, 0.25) is 0 Å². The van der Waals surface area contributed by atoms with Gasteiger partial charge in [-0.3, -0.25) is 9.20 Å². The lowest BCUT2D eigenvalue weighted by atomic mass is 10.1. The summed E-state index contributed by atoms with van der Waals surface area (Å²) < 4.78 is 15.0. The van der Waals surface area contributed by atoms with Crippen LogP contribution in [0.4, 0.5) is 10.1 Å². The summed E-state index contributed by atoms with van der Waals surface area (Å²) in [5, 5.41) is 2.86. The predicted molar refractivity (Wildman–Crippen MR) is 88.3 cm³/mol. The number of rotatable bonds is 4. The Morgan fingerprint density at radius 3 is 2.52 bits per heavy atom. The highest BCUT2D eigenvalue weighted by Gasteiger charge is 2.18. The molecule has 0 saturated carbocycles. The van der Waals surface area contributed by atoms with E-state index in [1.165, 1.54) is 22.2 Å². The standard InChI is InChI=1S/C18H18FN3O/c1-3-12-5-8-14(9-6-12)20-18(23)17-15(4-2)21-16-10-7-13(19)11-22(16)17/h5-11H,3-4H2,1-2H3,(H,20,23). The predicted octanol–water partition coefficient (Wildman–Crippen LogP) is 3.85. The number of imidazole rings is 1. The van der Waals surface area contributed by atoms with E-state index < -0.39 is 5.82 Å². The van der Waals surface area contributed by atoms with Gasteiger partial charge in [0.25, 0.3) is 5.91 Å². The van der Waals surface area contributed by atoms with E-state index in [1.54, 1.807) is 6.07 Å². The van der Waals surface area contributed by atoms with Gasteiger partial charge in [-0.15, -0.1) is 0 Å². The first-order valence-electron chi connectivity index (χ1n) is 7.69. The summed E-state index contributed by atoms with van der Waals surface area (Å²) in [6, 6.07) is 10.6. The Morgan fingerprint density at radius 1 is 1.13 bits per heavy atom. The van der Waals surface area contributed by atoms with Crippen LogP contribution in [-0.2, 0) is 12.8 Å². The summed E-state index contributed by atoms with van der Waals surface area (Å²) in [5.74, 6) is -0.692. The molecule has 4 nitrogen and oxygen atoms in total. The van der Waals surface area contributed by atoms with Crippen molar-refractivity contribution < 1.29 is 9.18 Å². The number of aromatic nitrogens is 2. The Kier molecular flexibility index (Phi) is 4.10. The fraction of sp³-hybridized carbons (Fsp3) is 0.222. The summed E-state index contributed by atoms with van der Waals surface area (Å²) in [6.07, 6.45) is 2.83. The molecule has 0 aliphatic carbocycles. The molecule has 0 spiro atoms. The number of benzene rings is 1. The van der Waals surface area contributed by atoms with Crippen molar-refractivity contribution in [3.8, 4) is 0 Å². The molecular weight excluding hydrogens is 293 g/mol. The summed E-state index contributed by atoms with van der Waals surface area (Å²) in [7, 11) is 0. The number of nitrogens with zero attached hydrogens (tertiary/aromatic N) is 2. The Morgan fingerprint density at radius 2 is 1.87 bits per heavy atom. The number of hydrogen-bond acceptors (Lipinski definition) is 2. The molecular formula is C18H18FN3O. The van der Waals surface area contributed by atoms with Crippen LogP contribution < -0.4 is 5.32 Å². The van der Waals surface area contributed by atoms with Crippen LogP contribution >= 0.6 is 0 Å². The lowest BCUT2D eigenvalue weighted by Gasteiger charge is -2.07. The minimum absolute atomic E-state index is 0.288. The van der Waals surface area contributed by atoms with Gasteiger partial charge in [0, 0.05) is 11.9 Å². The molecule has 0 saturated heterocycles. The Labute approximate surface area is 134 Å². The lowest BCUT2D eigenvalue weighted by molar-refractivity contribution is 0.102. The summed E-state index contributed by atoms with van der Waals surface area (Å²) in [6.45, 7) is 4.00. The molecule has 0 radical (unpaired) electrons. The van der Waals surface area contributed by atoms with Crippen LogP contribution in [0.2, 0.25) is 0 Å². The van der Waals surface area contributed by atoms with Crippen molar-refractivity contribution in [1.82, 2.24) is 9.38 Å². The monoisotopic (exact) mass is 311 g/mol. The average Bonchev–Trinajstić information content (AvgIpc) is 2.93. The summed E-state index contributed by atoms with van der Waals surface area (Å²) in [4.78, 5) is 17.0. The highest BCUT2D eigenvalue weighted by molar-refractivity contribution is 6.04. The average molecular weight is 311 g/mol. The fourth-order valence-electron chi connectivity index (χ4n) is 2.57. The van der Waals surface area contributed by atoms with Crippen molar-refractivity contribution in [2.24, 2.45) is 0 Å². The van der Waals surface area contributed by atoms with E-state index in [4.69, 9.17) is 0 Å². The third-order valence-corrected chi connectivity index (χ3v) is 3.82. The zero-order chi connectivity index (χ0) is 16.4. The van der Waals surface area contributed by atoms with Gasteiger partial charge in [0.15, 0.2) is 0 Å². The molecule has 0 fully saturated rings. The molecule has 0 aliphatic heterocycles. The second-order valence-corrected chi connectivity index (χ2v) is 5.34. The molecule has 5 heteroatoms. The largest absolute Gasteiger partial charge is 0.321 e. The molecule has 23 heavy (non-hydrogen) atoms. The zero-order valence-corrected chi connectivity index (χ0v) is 13.1. The van der Waals surface area contributed by atoms with Crippen LogP contribution in [0.5, 0.6) is 0 Å². The van der Waals surface area contributed by atoms with Gasteiger partial charge in [-0.05, 0) is 42.7 Å². The molecule has 2 aromatic heterocycles. The Hall–Kier alpha value is -2.69. The molecule has 3 rings (SSSR count). The highest BCUT2D eigenvalue weighted by Crippen LogP contribution is 2.17. The minimum atomic E-state index is -0.404. The number of fused-ring (bicyclic) bond motifs is 1. The smallest absolute Gasteiger partial charge is 0.274 e. The van der Waals surface area contributed by atoms with Crippen LogP contribution in [0.1, 0.15) is 35.6 Å². The van der Waals surface area contributed by atoms with E-state index in [9.17, 15) is 9.18 Å². The third-order valence-electron chi connectivity index (χ3n) is 3.82. The maximum atomic E-state index is 13.5. The van der Waals surface area contributed by atoms with Gasteiger partial charge in [-0.2, -0.15) is 0 Å². The molecule has 0 unspecified atom stereocenters. The number of halogens is 1. The van der Waals surface area contributed by atoms with E-state index in [2.05, 4.69) is 17.2 Å². The topological polar surface area (TPSA) is 46.4 Å². The minimum Gasteiger partial charge on any atom is -0.321 e. The molecule has 3 aromatic rings. The zero-order valence-electron chi connectivity index (χ0n) is 13.1. The van der Waals surface area contributed by atoms with Gasteiger partial charge in [0.05, 0.1) is 5.69 Å². The van der Waals surface area contributed by atoms with E-state index in [-0.39, 0.29) is 5.91 Å². The molecule has 1 aromatic carbocycles. The quantitative estimate of drug-likeness (QED) is 0.795. The van der Waals surface area contributed by atoms with Crippen LogP contribution in [0, 0.1) is 5.82 Å². The molecule has 118 valence electrons. The van der Waals surface area contributed by atoms with E-state index in [0.717, 1.165) is 6.42 Å². The van der Waals surface area contributed by atoms with Crippen LogP contribution in [0.25, 0.3) is 5.65 Å². The second-order valence-electron chi connectivity index (χ2n) is 5.34. The molecule has 0 atom stereocenters. The maximum Gasteiger partial charge on any atom is 0.274 e. The molecule has 1 N–H and O–H groups in total. The van der Waals surface area contributed by atoms with Crippen molar-refractivity contribution in [3.63, 3.8) is 0 Å². The van der Waals surface area contributed by atoms with Crippen molar-refractivity contribution >= 4 is 17.2 Å². The Bertz CT molecular complexity index is 853. The summed E-state index contributed by atoms with van der Waals surface area (Å²) >= 11 is 0. The highest BCUT2D eigenvalue weighted by atomic mass is 19.1. The first-order chi connectivity index (χ1) is 11.1. The maximum absolute atomic E-state index is 13.5. The van der Waals surface area contributed by atoms with Crippen LogP contribution in [0.15, 0.2) is 42.6 Å². The van der Waals surface area contributed by atoms with Gasteiger partial charge >= 0.3 is 0 Å². The number of nitrogens with one attached hydrogen (secondary N) is 1.